The van der Waals surface area contributed by atoms with Crippen LogP contribution in [0.4, 0.5) is 13.2 Å². The molecule has 0 radical (unpaired) electrons. The van der Waals surface area contributed by atoms with Crippen LogP contribution in [0.2, 0.25) is 0 Å². The van der Waals surface area contributed by atoms with Gasteiger partial charge in [-0.05, 0) is 19.8 Å². The first kappa shape index (κ1) is 14.9. The van der Waals surface area contributed by atoms with E-state index < -0.39 is 23.4 Å². The minimum Gasteiger partial charge on any atom is -0.313 e. The summed E-state index contributed by atoms with van der Waals surface area (Å²) in [4.78, 5) is 0. The molecule has 0 aromatic carbocycles. The van der Waals surface area contributed by atoms with E-state index in [2.05, 4.69) is 5.32 Å². The van der Waals surface area contributed by atoms with Gasteiger partial charge in [-0.15, -0.1) is 0 Å². The Bertz CT molecular complexity index is 196. The Hall–Kier alpha value is -0.100. The van der Waals surface area contributed by atoms with Gasteiger partial charge >= 0.3 is 6.18 Å². The second kappa shape index (κ2) is 7.22. The summed E-state index contributed by atoms with van der Waals surface area (Å²) in [5.41, 5.74) is 0. The van der Waals surface area contributed by atoms with Crippen molar-refractivity contribution in [2.24, 2.45) is 0 Å². The predicted molar refractivity (Wildman–Crippen MR) is 56.3 cm³/mol. The van der Waals surface area contributed by atoms with Gasteiger partial charge in [0.1, 0.15) is 0 Å². The van der Waals surface area contributed by atoms with E-state index >= 15 is 0 Å². The first-order chi connectivity index (χ1) is 6.81. The molecule has 0 bridgehead atoms. The van der Waals surface area contributed by atoms with Crippen LogP contribution in [0.25, 0.3) is 0 Å². The highest BCUT2D eigenvalue weighted by Gasteiger charge is 2.26. The number of hydrogen-bond acceptors (Lipinski definition) is 2. The average Bonchev–Trinajstić information content (AvgIpc) is 2.00. The fraction of sp³-hybridized carbons (Fsp3) is 1.00. The van der Waals surface area contributed by atoms with Gasteiger partial charge in [0.2, 0.25) is 0 Å². The van der Waals surface area contributed by atoms with Gasteiger partial charge in [0.05, 0.1) is 0 Å². The van der Waals surface area contributed by atoms with Crippen molar-refractivity contribution in [3.8, 4) is 0 Å². The molecule has 0 amide bonds. The Balaban J connectivity index is 3.41. The molecule has 2 atom stereocenters. The van der Waals surface area contributed by atoms with Crippen LogP contribution < -0.4 is 5.32 Å². The maximum absolute atomic E-state index is 11.8. The van der Waals surface area contributed by atoms with Gasteiger partial charge in [-0.2, -0.15) is 13.2 Å². The first-order valence-electron chi connectivity index (χ1n) is 4.91. The van der Waals surface area contributed by atoms with Crippen LogP contribution in [0.15, 0.2) is 0 Å². The molecule has 6 heteroatoms. The van der Waals surface area contributed by atoms with Crippen molar-refractivity contribution in [3.63, 3.8) is 0 Å². The van der Waals surface area contributed by atoms with Crippen molar-refractivity contribution in [1.29, 1.82) is 0 Å². The fourth-order valence-corrected chi connectivity index (χ4v) is 1.57. The third-order valence-electron chi connectivity index (χ3n) is 1.98. The summed E-state index contributed by atoms with van der Waals surface area (Å²) in [5.74, 6) is 0.545. The van der Waals surface area contributed by atoms with Gasteiger partial charge in [0.15, 0.2) is 0 Å². The molecule has 0 aromatic heterocycles. The Morgan fingerprint density at radius 2 is 2.00 bits per heavy atom. The van der Waals surface area contributed by atoms with Gasteiger partial charge in [-0.3, -0.25) is 4.21 Å². The molecule has 1 N–H and O–H groups in total. The Morgan fingerprint density at radius 1 is 1.40 bits per heavy atom. The molecule has 0 aliphatic heterocycles. The van der Waals surface area contributed by atoms with Gasteiger partial charge in [0.25, 0.3) is 0 Å². The summed E-state index contributed by atoms with van der Waals surface area (Å²) in [6, 6.07) is 0.0518. The number of halogens is 3. The topological polar surface area (TPSA) is 29.1 Å². The highest BCUT2D eigenvalue weighted by atomic mass is 32.2. The minimum atomic E-state index is -4.05. The van der Waals surface area contributed by atoms with Gasteiger partial charge < -0.3 is 5.32 Å². The molecule has 0 saturated heterocycles. The lowest BCUT2D eigenvalue weighted by atomic mass is 10.1. The molecule has 92 valence electrons. The van der Waals surface area contributed by atoms with Crippen molar-refractivity contribution in [1.82, 2.24) is 5.32 Å². The molecule has 2 unspecified atom stereocenters. The maximum Gasteiger partial charge on any atom is 0.389 e. The van der Waals surface area contributed by atoms with Crippen LogP contribution in [0, 0.1) is 0 Å². The smallest absolute Gasteiger partial charge is 0.313 e. The van der Waals surface area contributed by atoms with Crippen LogP contribution in [-0.2, 0) is 10.8 Å². The maximum atomic E-state index is 11.8. The summed E-state index contributed by atoms with van der Waals surface area (Å²) in [6.45, 7) is 2.44. The van der Waals surface area contributed by atoms with Crippen LogP contribution in [-0.4, -0.2) is 35.0 Å². The van der Waals surface area contributed by atoms with Crippen molar-refractivity contribution < 1.29 is 17.4 Å². The molecule has 2 nitrogen and oxygen atoms in total. The van der Waals surface area contributed by atoms with Crippen molar-refractivity contribution >= 4 is 10.8 Å². The molecule has 0 spiro atoms. The standard InChI is InChI=1S/C9H18F3NOS/c1-8(13-6-7-15(2)14)4-3-5-9(10,11)12/h8,13H,3-7H2,1-2H3. The zero-order chi connectivity index (χ0) is 11.9. The summed E-state index contributed by atoms with van der Waals surface area (Å²) < 4.78 is 46.1. The first-order valence-corrected chi connectivity index (χ1v) is 6.64. The third-order valence-corrected chi connectivity index (χ3v) is 2.76. The predicted octanol–water partition coefficient (Wildman–Crippen LogP) is 2.08. The molecule has 0 aromatic rings. The zero-order valence-electron chi connectivity index (χ0n) is 9.06. The summed E-state index contributed by atoms with van der Waals surface area (Å²) in [6.07, 6.45) is -2.53. The molecule has 0 fully saturated rings. The lowest BCUT2D eigenvalue weighted by Gasteiger charge is -2.13. The highest BCUT2D eigenvalue weighted by molar-refractivity contribution is 7.84. The Labute approximate surface area is 91.1 Å². The third kappa shape index (κ3) is 11.8. The number of hydrogen-bond donors (Lipinski definition) is 1. The van der Waals surface area contributed by atoms with Gasteiger partial charge in [-0.25, -0.2) is 0 Å². The Morgan fingerprint density at radius 3 is 2.47 bits per heavy atom. The van der Waals surface area contributed by atoms with Crippen molar-refractivity contribution in [2.75, 3.05) is 18.6 Å². The highest BCUT2D eigenvalue weighted by Crippen LogP contribution is 2.22. The van der Waals surface area contributed by atoms with Crippen LogP contribution in [0.1, 0.15) is 26.2 Å². The summed E-state index contributed by atoms with van der Waals surface area (Å²) in [7, 11) is -0.844. The van der Waals surface area contributed by atoms with Crippen LogP contribution >= 0.6 is 0 Å². The molecule has 15 heavy (non-hydrogen) atoms. The number of nitrogens with one attached hydrogen (secondary N) is 1. The SMILES string of the molecule is CC(CCCC(F)(F)F)NCCS(C)=O. The molecule has 0 saturated carbocycles. The lowest BCUT2D eigenvalue weighted by Crippen LogP contribution is -2.29. The van der Waals surface area contributed by atoms with E-state index in [9.17, 15) is 17.4 Å². The van der Waals surface area contributed by atoms with Crippen molar-refractivity contribution in [2.45, 2.75) is 38.4 Å². The molecule has 0 aliphatic rings. The minimum absolute atomic E-state index is 0.0518. The summed E-state index contributed by atoms with van der Waals surface area (Å²) >= 11 is 0. The van der Waals surface area contributed by atoms with E-state index in [0.717, 1.165) is 0 Å². The van der Waals surface area contributed by atoms with Crippen LogP contribution in [0.5, 0.6) is 0 Å². The molecular formula is C9H18F3NOS. The largest absolute Gasteiger partial charge is 0.389 e. The zero-order valence-corrected chi connectivity index (χ0v) is 9.88. The van der Waals surface area contributed by atoms with E-state index in [0.29, 0.717) is 18.7 Å². The van der Waals surface area contributed by atoms with Crippen molar-refractivity contribution in [3.05, 3.63) is 0 Å². The van der Waals surface area contributed by atoms with E-state index in [1.165, 1.54) is 0 Å². The molecule has 0 rings (SSSR count). The molecule has 0 heterocycles. The second-order valence-electron chi connectivity index (χ2n) is 3.64. The molecular weight excluding hydrogens is 227 g/mol. The van der Waals surface area contributed by atoms with Gasteiger partial charge in [0, 0.05) is 41.8 Å². The normalized spacial score (nSPS) is 16.3. The fourth-order valence-electron chi connectivity index (χ4n) is 1.16. The summed E-state index contributed by atoms with van der Waals surface area (Å²) in [5, 5.41) is 3.04. The van der Waals surface area contributed by atoms with E-state index in [1.54, 1.807) is 6.26 Å². The number of rotatable bonds is 7. The average molecular weight is 245 g/mol. The van der Waals surface area contributed by atoms with E-state index in [1.807, 2.05) is 6.92 Å². The quantitative estimate of drug-likeness (QED) is 0.744. The molecule has 0 aliphatic carbocycles. The monoisotopic (exact) mass is 245 g/mol. The van der Waals surface area contributed by atoms with Gasteiger partial charge in [-0.1, -0.05) is 0 Å². The second-order valence-corrected chi connectivity index (χ2v) is 5.19. The van der Waals surface area contributed by atoms with E-state index in [-0.39, 0.29) is 12.5 Å². The van der Waals surface area contributed by atoms with E-state index in [4.69, 9.17) is 0 Å². The van der Waals surface area contributed by atoms with Crippen LogP contribution in [0.3, 0.4) is 0 Å². The Kier molecular flexibility index (Phi) is 7.17. The lowest BCUT2D eigenvalue weighted by molar-refractivity contribution is -0.135. The number of alkyl halides is 3.